The summed E-state index contributed by atoms with van der Waals surface area (Å²) >= 11 is 0. The summed E-state index contributed by atoms with van der Waals surface area (Å²) in [6, 6.07) is 0. The summed E-state index contributed by atoms with van der Waals surface area (Å²) in [5.41, 5.74) is 0. The van der Waals surface area contributed by atoms with Crippen molar-refractivity contribution in [3.63, 3.8) is 0 Å². The van der Waals surface area contributed by atoms with Gasteiger partial charge in [-0.1, -0.05) is 0 Å². The maximum atomic E-state index is 0. The zero-order valence-electron chi connectivity index (χ0n) is 1.26. The molecule has 0 aromatic heterocycles. The Bertz CT molecular complexity index is 8.00. The first-order valence-corrected chi connectivity index (χ1v) is 0. The minimum absolute atomic E-state index is 0. The molecular formula is H3AlErYbZn. The van der Waals surface area contributed by atoms with E-state index in [1.807, 2.05) is 0 Å². The number of hydrogen-bond donors (Lipinski definition) is 0. The minimum Gasteiger partial charge on any atom is 0 e. The Morgan fingerprint density at radius 1 is 1.00 bits per heavy atom. The molecule has 34 valence electrons. The van der Waals surface area contributed by atoms with Crippen LogP contribution in [-0.4, -0.2) is 17.4 Å². The van der Waals surface area contributed by atoms with Gasteiger partial charge < -0.3 is 0 Å². The van der Waals surface area contributed by atoms with E-state index in [1.165, 1.54) is 0 Å². The number of hydrogen-bond acceptors (Lipinski definition) is 0. The molecule has 0 saturated heterocycles. The quantitative estimate of drug-likeness (QED) is 0.420. The Balaban J connectivity index is 0. The van der Waals surface area contributed by atoms with Crippen molar-refractivity contribution in [3.05, 3.63) is 0 Å². The molecule has 0 fully saturated rings. The third-order valence-corrected chi connectivity index (χ3v) is 0. The third-order valence-electron chi connectivity index (χ3n) is 0. The van der Waals surface area contributed by atoms with Gasteiger partial charge in [-0.15, -0.1) is 0 Å². The van der Waals surface area contributed by atoms with Crippen LogP contribution in [0.1, 0.15) is 0 Å². The second-order valence-corrected chi connectivity index (χ2v) is 0. The van der Waals surface area contributed by atoms with Gasteiger partial charge in [0.15, 0.2) is 17.4 Å². The van der Waals surface area contributed by atoms with E-state index in [4.69, 9.17) is 0 Å². The SMILES string of the molecule is [AlH3].[Er].[Yb].[Zn]. The van der Waals surface area contributed by atoms with Gasteiger partial charge in [0, 0.05) is 104 Å². The molecule has 0 aromatic rings. The third kappa shape index (κ3) is 9.33. The van der Waals surface area contributed by atoms with E-state index in [2.05, 4.69) is 0 Å². The van der Waals surface area contributed by atoms with Crippen LogP contribution in [0.25, 0.3) is 0 Å². The molecule has 0 N–H and O–H groups in total. The van der Waals surface area contributed by atoms with Gasteiger partial charge in [-0.2, -0.15) is 0 Å². The molecule has 0 aliphatic carbocycles. The molecule has 4 heteroatoms. The average molecular weight is 436 g/mol. The van der Waals surface area contributed by atoms with Crippen molar-refractivity contribution in [1.29, 1.82) is 0 Å². The van der Waals surface area contributed by atoms with Crippen molar-refractivity contribution >= 4 is 17.4 Å². The van der Waals surface area contributed by atoms with E-state index in [-0.39, 0.29) is 121 Å². The fourth-order valence-electron chi connectivity index (χ4n) is 0. The zero-order chi connectivity index (χ0) is 0. The fourth-order valence-corrected chi connectivity index (χ4v) is 0. The fraction of sp³-hybridized carbons (Fsp3) is 0. The van der Waals surface area contributed by atoms with Crippen LogP contribution >= 0.6 is 0 Å². The second kappa shape index (κ2) is 15.8. The maximum Gasteiger partial charge on any atom is 0.187 e. The van der Waals surface area contributed by atoms with Crippen LogP contribution in [0.15, 0.2) is 0 Å². The molecule has 0 unspecified atom stereocenters. The molecule has 0 aliphatic rings. The molecule has 0 nitrogen and oxygen atoms in total. The Kier molecular flexibility index (Phi) is 97.4. The summed E-state index contributed by atoms with van der Waals surface area (Å²) in [5, 5.41) is 0. The molecule has 0 aromatic carbocycles. The van der Waals surface area contributed by atoms with Crippen LogP contribution in [0.2, 0.25) is 0 Å². The van der Waals surface area contributed by atoms with Crippen LogP contribution < -0.4 is 0 Å². The predicted octanol–water partition coefficient (Wildman–Crippen LogP) is -1.19. The Morgan fingerprint density at radius 2 is 1.00 bits per heavy atom. The topological polar surface area (TPSA) is 0 Å². The molecule has 0 amide bonds. The van der Waals surface area contributed by atoms with Gasteiger partial charge in [-0.3, -0.25) is 0 Å². The van der Waals surface area contributed by atoms with E-state index in [9.17, 15) is 0 Å². The standard InChI is InChI=1S/Al.Er.Yb.Zn.3H. The molecule has 0 heterocycles. The first kappa shape index (κ1) is 24.7. The first-order valence-electron chi connectivity index (χ1n) is 0. The molecule has 0 spiro atoms. The molecule has 4 heavy (non-hydrogen) atoms. The van der Waals surface area contributed by atoms with Crippen molar-refractivity contribution in [2.45, 2.75) is 0 Å². The normalized spacial score (nSPS) is 0. The van der Waals surface area contributed by atoms with E-state index in [0.29, 0.717) is 0 Å². The average Bonchev–Trinajstić information content (AvgIpc) is 0. The zero-order valence-corrected chi connectivity index (χ0v) is 7.80. The van der Waals surface area contributed by atoms with Crippen LogP contribution in [0.4, 0.5) is 0 Å². The molecular weight excluding hydrogens is 433 g/mol. The van der Waals surface area contributed by atoms with Gasteiger partial charge >= 0.3 is 0 Å². The van der Waals surface area contributed by atoms with Crippen molar-refractivity contribution in [1.82, 2.24) is 0 Å². The Morgan fingerprint density at radius 3 is 1.00 bits per heavy atom. The molecule has 0 bridgehead atoms. The summed E-state index contributed by atoms with van der Waals surface area (Å²) in [4.78, 5) is 0. The monoisotopic (exact) mass is 434 g/mol. The van der Waals surface area contributed by atoms with Gasteiger partial charge in [0.2, 0.25) is 0 Å². The van der Waals surface area contributed by atoms with Crippen LogP contribution in [0, 0.1) is 84.2 Å². The van der Waals surface area contributed by atoms with Gasteiger partial charge in [0.1, 0.15) is 0 Å². The first-order chi connectivity index (χ1) is 0. The minimum atomic E-state index is 0. The largest absolute Gasteiger partial charge is 0.187 e. The summed E-state index contributed by atoms with van der Waals surface area (Å²) in [6.07, 6.45) is 0. The molecule has 0 rings (SSSR count). The van der Waals surface area contributed by atoms with Crippen molar-refractivity contribution < 1.29 is 104 Å². The van der Waals surface area contributed by atoms with Gasteiger partial charge in [0.05, 0.1) is 0 Å². The Hall–Kier alpha value is 3.92. The van der Waals surface area contributed by atoms with Crippen LogP contribution in [-0.2, 0) is 19.5 Å². The summed E-state index contributed by atoms with van der Waals surface area (Å²) in [6.45, 7) is 0. The van der Waals surface area contributed by atoms with E-state index in [1.54, 1.807) is 0 Å². The van der Waals surface area contributed by atoms with Gasteiger partial charge in [-0.25, -0.2) is 0 Å². The smallest absolute Gasteiger partial charge is 0 e. The van der Waals surface area contributed by atoms with Crippen LogP contribution in [0.5, 0.6) is 0 Å². The number of rotatable bonds is 0. The molecule has 0 saturated carbocycles. The van der Waals surface area contributed by atoms with E-state index < -0.39 is 0 Å². The summed E-state index contributed by atoms with van der Waals surface area (Å²) in [5.74, 6) is 0. The summed E-state index contributed by atoms with van der Waals surface area (Å²) < 4.78 is 0. The van der Waals surface area contributed by atoms with Crippen LogP contribution in [0.3, 0.4) is 0 Å². The van der Waals surface area contributed by atoms with Crippen molar-refractivity contribution in [2.24, 2.45) is 0 Å². The maximum absolute atomic E-state index is 0. The Labute approximate surface area is 118 Å². The van der Waals surface area contributed by atoms with E-state index >= 15 is 0 Å². The van der Waals surface area contributed by atoms with E-state index in [0.717, 1.165) is 0 Å². The molecule has 0 aliphatic heterocycles. The van der Waals surface area contributed by atoms with Gasteiger partial charge in [-0.05, 0) is 0 Å². The predicted molar refractivity (Wildman–Crippen MR) is 9.94 cm³/mol. The van der Waals surface area contributed by atoms with Crippen molar-refractivity contribution in [2.75, 3.05) is 0 Å². The molecule has 0 radical (unpaired) electrons. The van der Waals surface area contributed by atoms with Gasteiger partial charge in [0.25, 0.3) is 0 Å². The summed E-state index contributed by atoms with van der Waals surface area (Å²) in [7, 11) is 0. The second-order valence-electron chi connectivity index (χ2n) is 0. The van der Waals surface area contributed by atoms with Crippen molar-refractivity contribution in [3.8, 4) is 0 Å². The molecule has 0 atom stereocenters.